The van der Waals surface area contributed by atoms with Crippen LogP contribution in [-0.4, -0.2) is 26.2 Å². The molecule has 2 aromatic rings. The van der Waals surface area contributed by atoms with Crippen LogP contribution in [-0.2, 0) is 16.6 Å². The van der Waals surface area contributed by atoms with E-state index in [0.717, 1.165) is 11.2 Å². The summed E-state index contributed by atoms with van der Waals surface area (Å²) in [6.45, 7) is 4.79. The van der Waals surface area contributed by atoms with Crippen molar-refractivity contribution in [3.63, 3.8) is 0 Å². The van der Waals surface area contributed by atoms with Crippen molar-refractivity contribution in [2.24, 2.45) is 7.05 Å². The molecule has 0 N–H and O–H groups in total. The topological polar surface area (TPSA) is 33.4 Å². The summed E-state index contributed by atoms with van der Waals surface area (Å²) in [6, 6.07) is 6.14. The molecule has 0 unspecified atom stereocenters. The van der Waals surface area contributed by atoms with Crippen molar-refractivity contribution in [2.75, 3.05) is 25.2 Å². The quantitative estimate of drug-likeness (QED) is 0.484. The van der Waals surface area contributed by atoms with Gasteiger partial charge in [-0.05, 0) is 12.1 Å². The molecular weight excluding hydrogens is 387 g/mol. The first-order valence-corrected chi connectivity index (χ1v) is 7.02. The molecule has 6 heteroatoms. The highest BCUT2D eigenvalue weighted by Gasteiger charge is 2.17. The van der Waals surface area contributed by atoms with E-state index in [1.807, 2.05) is 13.1 Å². The summed E-state index contributed by atoms with van der Waals surface area (Å²) in [5, 5.41) is 1.25. The van der Waals surface area contributed by atoms with Crippen molar-refractivity contribution in [2.45, 2.75) is 13.8 Å². The highest BCUT2D eigenvalue weighted by Crippen LogP contribution is 2.25. The number of carbonyl (C=O) groups excluding carboxylic acids is 1. The summed E-state index contributed by atoms with van der Waals surface area (Å²) in [4.78, 5) is 13.5. The predicted molar refractivity (Wildman–Crippen MR) is 77.6 cm³/mol. The van der Waals surface area contributed by atoms with Gasteiger partial charge in [0.05, 0.1) is 12.3 Å². The molecule has 0 fully saturated rings. The van der Waals surface area contributed by atoms with E-state index in [9.17, 15) is 4.79 Å². The summed E-state index contributed by atoms with van der Waals surface area (Å²) in [7, 11) is 3.69. The van der Waals surface area contributed by atoms with Crippen LogP contribution < -0.4 is 33.4 Å². The van der Waals surface area contributed by atoms with Gasteiger partial charge in [-0.15, -0.1) is 0 Å². The van der Waals surface area contributed by atoms with E-state index >= 15 is 0 Å². The number of nitrogens with zero attached hydrogens (tertiary/aromatic N) is 2. The number of aryl methyl sites for hydroxylation is 2. The number of hydrogen-bond donors (Lipinski definition) is 0. The fourth-order valence-electron chi connectivity index (χ4n) is 2.07. The van der Waals surface area contributed by atoms with Crippen LogP contribution in [0.25, 0.3) is 10.2 Å². The molecule has 0 saturated heterocycles. The minimum atomic E-state index is 0. The van der Waals surface area contributed by atoms with Crippen molar-refractivity contribution in [3.8, 4) is 0 Å². The van der Waals surface area contributed by atoms with Gasteiger partial charge in [0.1, 0.15) is 11.7 Å². The molecular formula is C14H19IN2O2S. The second-order valence-electron chi connectivity index (χ2n) is 4.50. The predicted octanol–water partition coefficient (Wildman–Crippen LogP) is -0.962. The lowest BCUT2D eigenvalue weighted by molar-refractivity contribution is -0.646. The third kappa shape index (κ3) is 3.48. The number of amides is 1. The molecule has 1 aromatic carbocycles. The lowest BCUT2D eigenvalue weighted by Gasteiger charge is -2.20. The summed E-state index contributed by atoms with van der Waals surface area (Å²) in [5.74, 6) is 0.0333. The van der Waals surface area contributed by atoms with Gasteiger partial charge >= 0.3 is 0 Å². The molecule has 0 saturated carbocycles. The standard InChI is InChI=1S/C14H19N2O2S.HI/c1-10(17)16(7-8-18-4)12-5-6-14-13(9-12)15(3)11(2)19-14;/h5-6,9H,7-8H2,1-4H3;1H/q+1;/p-1. The molecule has 0 aliphatic carbocycles. The summed E-state index contributed by atoms with van der Waals surface area (Å²) in [5.41, 5.74) is 2.08. The Morgan fingerprint density at radius 3 is 2.75 bits per heavy atom. The highest BCUT2D eigenvalue weighted by atomic mass is 127. The number of fused-ring (bicyclic) bond motifs is 1. The summed E-state index contributed by atoms with van der Waals surface area (Å²) < 4.78 is 8.45. The summed E-state index contributed by atoms with van der Waals surface area (Å²) >= 11 is 1.76. The van der Waals surface area contributed by atoms with E-state index in [1.165, 1.54) is 9.71 Å². The number of anilines is 1. The molecule has 0 spiro atoms. The van der Waals surface area contributed by atoms with Gasteiger partial charge in [-0.25, -0.2) is 0 Å². The van der Waals surface area contributed by atoms with Crippen LogP contribution in [0.1, 0.15) is 11.9 Å². The SMILES string of the molecule is COCCN(C(C)=O)c1ccc2sc(C)[n+](C)c2c1.[I-]. The van der Waals surface area contributed by atoms with Gasteiger partial charge in [0, 0.05) is 33.6 Å². The van der Waals surface area contributed by atoms with Crippen LogP contribution in [0.5, 0.6) is 0 Å². The van der Waals surface area contributed by atoms with Crippen molar-refractivity contribution in [3.05, 3.63) is 23.2 Å². The lowest BCUT2D eigenvalue weighted by atomic mass is 10.2. The number of halogens is 1. The normalized spacial score (nSPS) is 10.4. The largest absolute Gasteiger partial charge is 1.00 e. The van der Waals surface area contributed by atoms with Crippen molar-refractivity contribution >= 4 is 33.1 Å². The zero-order chi connectivity index (χ0) is 14.0. The third-order valence-corrected chi connectivity index (χ3v) is 4.38. The van der Waals surface area contributed by atoms with Crippen molar-refractivity contribution < 1.29 is 38.1 Å². The molecule has 1 heterocycles. The number of carbonyl (C=O) groups is 1. The van der Waals surface area contributed by atoms with Gasteiger partial charge in [-0.2, -0.15) is 4.57 Å². The Kier molecular flexibility index (Phi) is 6.35. The zero-order valence-corrected chi connectivity index (χ0v) is 15.1. The number of benzene rings is 1. The second kappa shape index (κ2) is 7.33. The van der Waals surface area contributed by atoms with Gasteiger partial charge in [-0.3, -0.25) is 4.79 Å². The fraction of sp³-hybridized carbons (Fsp3) is 0.429. The maximum atomic E-state index is 11.7. The number of aromatic nitrogens is 1. The maximum absolute atomic E-state index is 11.7. The van der Waals surface area contributed by atoms with Crippen LogP contribution in [0.4, 0.5) is 5.69 Å². The molecule has 0 aliphatic heterocycles. The van der Waals surface area contributed by atoms with Crippen LogP contribution in [0.15, 0.2) is 18.2 Å². The first kappa shape index (κ1) is 17.3. The maximum Gasteiger partial charge on any atom is 0.234 e. The number of ether oxygens (including phenoxy) is 1. The number of rotatable bonds is 4. The Balaban J connectivity index is 0.00000200. The lowest BCUT2D eigenvalue weighted by Crippen LogP contribution is -3.00. The monoisotopic (exact) mass is 406 g/mol. The van der Waals surface area contributed by atoms with E-state index in [4.69, 9.17) is 4.74 Å². The molecule has 2 rings (SSSR count). The average molecular weight is 406 g/mol. The third-order valence-electron chi connectivity index (χ3n) is 3.24. The number of hydrogen-bond acceptors (Lipinski definition) is 3. The van der Waals surface area contributed by atoms with Gasteiger partial charge < -0.3 is 33.6 Å². The molecule has 20 heavy (non-hydrogen) atoms. The van der Waals surface area contributed by atoms with Gasteiger partial charge in [0.2, 0.25) is 16.4 Å². The molecule has 4 nitrogen and oxygen atoms in total. The molecule has 0 aliphatic rings. The van der Waals surface area contributed by atoms with Gasteiger partial charge in [0.25, 0.3) is 0 Å². The average Bonchev–Trinajstić information content (AvgIpc) is 2.66. The Morgan fingerprint density at radius 2 is 2.15 bits per heavy atom. The molecule has 0 radical (unpaired) electrons. The van der Waals surface area contributed by atoms with E-state index in [0.29, 0.717) is 13.2 Å². The minimum absolute atomic E-state index is 0. The van der Waals surface area contributed by atoms with E-state index in [2.05, 4.69) is 23.6 Å². The molecule has 0 atom stereocenters. The number of thiazole rings is 1. The summed E-state index contributed by atoms with van der Waals surface area (Å²) in [6.07, 6.45) is 0. The van der Waals surface area contributed by atoms with Crippen molar-refractivity contribution in [1.82, 2.24) is 0 Å². The first-order chi connectivity index (χ1) is 9.04. The molecule has 110 valence electrons. The fourth-order valence-corrected chi connectivity index (χ4v) is 3.06. The number of methoxy groups -OCH3 is 1. The van der Waals surface area contributed by atoms with Crippen LogP contribution in [0.2, 0.25) is 0 Å². The molecule has 1 aromatic heterocycles. The Labute approximate surface area is 140 Å². The zero-order valence-electron chi connectivity index (χ0n) is 12.1. The minimum Gasteiger partial charge on any atom is -1.00 e. The van der Waals surface area contributed by atoms with E-state index in [1.54, 1.807) is 30.3 Å². The first-order valence-electron chi connectivity index (χ1n) is 6.21. The molecule has 1 amide bonds. The van der Waals surface area contributed by atoms with Crippen LogP contribution in [0.3, 0.4) is 0 Å². The van der Waals surface area contributed by atoms with E-state index < -0.39 is 0 Å². The smallest absolute Gasteiger partial charge is 0.234 e. The van der Waals surface area contributed by atoms with Gasteiger partial charge in [0.15, 0.2) is 0 Å². The van der Waals surface area contributed by atoms with Crippen LogP contribution in [0, 0.1) is 6.92 Å². The van der Waals surface area contributed by atoms with E-state index in [-0.39, 0.29) is 29.9 Å². The Bertz CT molecular complexity index is 612. The Hall–Kier alpha value is -0.730. The van der Waals surface area contributed by atoms with Gasteiger partial charge in [-0.1, -0.05) is 11.3 Å². The van der Waals surface area contributed by atoms with Crippen molar-refractivity contribution in [1.29, 1.82) is 0 Å². The second-order valence-corrected chi connectivity index (χ2v) is 5.73. The highest BCUT2D eigenvalue weighted by molar-refractivity contribution is 7.18. The Morgan fingerprint density at radius 1 is 1.45 bits per heavy atom. The molecule has 0 bridgehead atoms. The van der Waals surface area contributed by atoms with Crippen LogP contribution >= 0.6 is 11.3 Å².